The van der Waals surface area contributed by atoms with Crippen LogP contribution < -0.4 is 24.4 Å². The van der Waals surface area contributed by atoms with Crippen LogP contribution in [0.15, 0.2) is 176 Å². The zero-order valence-corrected chi connectivity index (χ0v) is 38.9. The average molecular weight is 939 g/mol. The van der Waals surface area contributed by atoms with Gasteiger partial charge in [0, 0.05) is 12.3 Å². The van der Waals surface area contributed by atoms with Crippen LogP contribution in [0.4, 0.5) is 22.1 Å². The van der Waals surface area contributed by atoms with Crippen LogP contribution in [-0.4, -0.2) is 70.5 Å². The highest BCUT2D eigenvalue weighted by atomic mass is 16.6. The third-order valence-electron chi connectivity index (χ3n) is 11.9. The lowest BCUT2D eigenvalue weighted by Gasteiger charge is -2.37. The number of aromatic nitrogens is 4. The molecule has 2 aromatic heterocycles. The normalized spacial score (nSPS) is 15.6. The van der Waals surface area contributed by atoms with Crippen molar-refractivity contribution in [3.05, 3.63) is 198 Å². The van der Waals surface area contributed by atoms with Crippen molar-refractivity contribution >= 4 is 46.5 Å². The Hall–Kier alpha value is -8.40. The molecule has 15 nitrogen and oxygen atoms in total. The number of rotatable bonds is 16. The van der Waals surface area contributed by atoms with Crippen LogP contribution in [0.2, 0.25) is 0 Å². The molecule has 2 amide bonds. The number of fused-ring (bicyclic) bond motifs is 1. The predicted molar refractivity (Wildman–Crippen MR) is 262 cm³/mol. The molecule has 354 valence electrons. The van der Waals surface area contributed by atoms with E-state index in [2.05, 4.69) is 15.3 Å². The van der Waals surface area contributed by atoms with Gasteiger partial charge in [0.1, 0.15) is 35.5 Å². The van der Waals surface area contributed by atoms with E-state index in [0.717, 1.165) is 16.7 Å². The van der Waals surface area contributed by atoms with E-state index in [0.29, 0.717) is 28.4 Å². The Morgan fingerprint density at radius 2 is 1.24 bits per heavy atom. The van der Waals surface area contributed by atoms with E-state index in [4.69, 9.17) is 33.4 Å². The molecule has 70 heavy (non-hydrogen) atoms. The molecule has 0 bridgehead atoms. The molecule has 15 heteroatoms. The fourth-order valence-corrected chi connectivity index (χ4v) is 8.33. The number of benzene rings is 6. The Morgan fingerprint density at radius 1 is 0.714 bits per heavy atom. The van der Waals surface area contributed by atoms with Crippen LogP contribution in [-0.2, 0) is 24.6 Å². The van der Waals surface area contributed by atoms with Gasteiger partial charge in [-0.05, 0) is 77.4 Å². The van der Waals surface area contributed by atoms with Crippen LogP contribution in [0.3, 0.4) is 0 Å². The van der Waals surface area contributed by atoms with Gasteiger partial charge in [0.05, 0.1) is 44.1 Å². The molecule has 3 atom stereocenters. The summed E-state index contributed by atoms with van der Waals surface area (Å²) in [6, 6.07) is 51.9. The minimum absolute atomic E-state index is 0.0782. The lowest BCUT2D eigenvalue weighted by atomic mass is 9.80. The van der Waals surface area contributed by atoms with Gasteiger partial charge in [-0.25, -0.2) is 19.5 Å². The van der Waals surface area contributed by atoms with Crippen molar-refractivity contribution in [2.75, 3.05) is 31.0 Å². The quantitative estimate of drug-likeness (QED) is 0.0721. The van der Waals surface area contributed by atoms with Crippen LogP contribution in [0.5, 0.6) is 17.4 Å². The molecule has 1 fully saturated rings. The van der Waals surface area contributed by atoms with Gasteiger partial charge in [0.25, 0.3) is 5.88 Å². The standard InChI is InChI=1S/C55H50N6O9/c1-36(2)50(62)58-53-57-49-48(51(59-53)70-54(64)61(41-21-13-7-14-22-41)42-23-15-8-16-24-42)56-35-60(49)47-33-45(69-52(63)37-17-9-5-10-18-37)46(68-47)34-67-55(38-19-11-6-12-20-38,39-25-29-43(65-3)30-26-39)40-27-31-44(66-4)32-28-40/h5-32,35-36,45-47H,33-34H2,1-4H3,(H,57,58,59,62)/t45-,46-,47-/m0/s1. The van der Waals surface area contributed by atoms with Gasteiger partial charge in [-0.2, -0.15) is 9.97 Å². The number of amides is 2. The first kappa shape index (κ1) is 46.7. The van der Waals surface area contributed by atoms with Crippen molar-refractivity contribution < 1.29 is 42.8 Å². The first-order chi connectivity index (χ1) is 34.1. The average Bonchev–Trinajstić information content (AvgIpc) is 4.02. The van der Waals surface area contributed by atoms with E-state index < -0.39 is 42.0 Å². The van der Waals surface area contributed by atoms with E-state index in [9.17, 15) is 14.4 Å². The Balaban J connectivity index is 1.11. The second-order valence-corrected chi connectivity index (χ2v) is 16.7. The molecule has 1 N–H and O–H groups in total. The molecular weight excluding hydrogens is 889 g/mol. The largest absolute Gasteiger partial charge is 0.497 e. The van der Waals surface area contributed by atoms with Crippen molar-refractivity contribution in [3.8, 4) is 17.4 Å². The molecule has 0 aliphatic carbocycles. The van der Waals surface area contributed by atoms with Crippen molar-refractivity contribution in [2.24, 2.45) is 5.92 Å². The minimum Gasteiger partial charge on any atom is -0.497 e. The summed E-state index contributed by atoms with van der Waals surface area (Å²) >= 11 is 0. The summed E-state index contributed by atoms with van der Waals surface area (Å²) in [5.41, 5.74) is 2.93. The van der Waals surface area contributed by atoms with Gasteiger partial charge >= 0.3 is 12.1 Å². The summed E-state index contributed by atoms with van der Waals surface area (Å²) in [6.07, 6.45) is -1.75. The summed E-state index contributed by atoms with van der Waals surface area (Å²) < 4.78 is 39.3. The maximum atomic E-state index is 14.3. The molecule has 0 radical (unpaired) electrons. The first-order valence-electron chi connectivity index (χ1n) is 22.7. The molecule has 9 rings (SSSR count). The van der Waals surface area contributed by atoms with Crippen LogP contribution in [0.25, 0.3) is 11.2 Å². The van der Waals surface area contributed by atoms with E-state index in [-0.39, 0.29) is 41.9 Å². The third-order valence-corrected chi connectivity index (χ3v) is 11.9. The summed E-state index contributed by atoms with van der Waals surface area (Å²) in [4.78, 5) is 56.6. The number of esters is 1. The topological polar surface area (TPSA) is 165 Å². The van der Waals surface area contributed by atoms with Crippen molar-refractivity contribution in [1.82, 2.24) is 19.5 Å². The Kier molecular flexibility index (Phi) is 13.9. The fraction of sp³-hybridized carbons (Fsp3) is 0.200. The van der Waals surface area contributed by atoms with Crippen LogP contribution >= 0.6 is 0 Å². The number of hydrogen-bond acceptors (Lipinski definition) is 12. The Bertz CT molecular complexity index is 2960. The highest BCUT2D eigenvalue weighted by molar-refractivity contribution is 5.98. The monoisotopic (exact) mass is 938 g/mol. The molecule has 0 unspecified atom stereocenters. The van der Waals surface area contributed by atoms with Gasteiger partial charge < -0.3 is 28.4 Å². The molecule has 3 heterocycles. The van der Waals surface area contributed by atoms with E-state index in [1.54, 1.807) is 81.2 Å². The number of para-hydroxylation sites is 2. The smallest absolute Gasteiger partial charge is 0.425 e. The first-order valence-corrected chi connectivity index (χ1v) is 22.7. The number of methoxy groups -OCH3 is 2. The lowest BCUT2D eigenvalue weighted by Crippen LogP contribution is -2.39. The Labute approximate surface area is 404 Å². The second-order valence-electron chi connectivity index (χ2n) is 16.7. The second kappa shape index (κ2) is 20.9. The Morgan fingerprint density at radius 3 is 1.79 bits per heavy atom. The number of carbonyl (C=O) groups is 3. The van der Waals surface area contributed by atoms with E-state index in [1.165, 1.54) is 11.2 Å². The van der Waals surface area contributed by atoms with Crippen LogP contribution in [0, 0.1) is 5.92 Å². The highest BCUT2D eigenvalue weighted by Crippen LogP contribution is 2.44. The summed E-state index contributed by atoms with van der Waals surface area (Å²) in [7, 11) is 3.22. The molecule has 0 saturated carbocycles. The molecule has 1 aliphatic heterocycles. The molecule has 1 aliphatic rings. The molecule has 6 aromatic carbocycles. The number of imidazole rings is 1. The molecule has 1 saturated heterocycles. The van der Waals surface area contributed by atoms with Crippen molar-refractivity contribution in [2.45, 2.75) is 44.3 Å². The van der Waals surface area contributed by atoms with Crippen molar-refractivity contribution in [3.63, 3.8) is 0 Å². The molecular formula is C55H50N6O9. The van der Waals surface area contributed by atoms with Gasteiger partial charge in [0.15, 0.2) is 11.2 Å². The highest BCUT2D eigenvalue weighted by Gasteiger charge is 2.44. The van der Waals surface area contributed by atoms with Gasteiger partial charge in [0.2, 0.25) is 11.9 Å². The van der Waals surface area contributed by atoms with Gasteiger partial charge in [-0.3, -0.25) is 14.7 Å². The number of ether oxygens (including phenoxy) is 6. The van der Waals surface area contributed by atoms with Crippen molar-refractivity contribution in [1.29, 1.82) is 0 Å². The SMILES string of the molecule is COc1ccc(C(OC[C@@H]2O[C@H](n3cnc4c(OC(=O)N(c5ccccc5)c5ccccc5)nc(NC(=O)C(C)C)nc43)C[C@@H]2OC(=O)c2ccccc2)(c2ccccc2)c2ccc(OC)cc2)cc1. The zero-order valence-electron chi connectivity index (χ0n) is 38.9. The van der Waals surface area contributed by atoms with E-state index in [1.807, 2.05) is 121 Å². The number of nitrogens with zero attached hydrogens (tertiary/aromatic N) is 5. The van der Waals surface area contributed by atoms with Gasteiger partial charge in [-0.15, -0.1) is 0 Å². The number of hydrogen-bond donors (Lipinski definition) is 1. The van der Waals surface area contributed by atoms with Gasteiger partial charge in [-0.1, -0.05) is 123 Å². The number of carbonyl (C=O) groups excluding carboxylic acids is 3. The fourth-order valence-electron chi connectivity index (χ4n) is 8.33. The number of nitrogens with one attached hydrogen (secondary N) is 1. The minimum atomic E-state index is -1.22. The predicted octanol–water partition coefficient (Wildman–Crippen LogP) is 10.3. The van der Waals surface area contributed by atoms with Crippen LogP contribution in [0.1, 0.15) is 53.5 Å². The maximum absolute atomic E-state index is 14.3. The zero-order chi connectivity index (χ0) is 48.6. The summed E-state index contributed by atoms with van der Waals surface area (Å²) in [6.45, 7) is 3.39. The van der Waals surface area contributed by atoms with E-state index >= 15 is 0 Å². The number of anilines is 3. The lowest BCUT2D eigenvalue weighted by molar-refractivity contribution is -0.118. The maximum Gasteiger partial charge on any atom is 0.425 e. The summed E-state index contributed by atoms with van der Waals surface area (Å²) in [5, 5.41) is 2.75. The third kappa shape index (κ3) is 9.79. The molecule has 8 aromatic rings. The molecule has 0 spiro atoms. The summed E-state index contributed by atoms with van der Waals surface area (Å²) in [5.74, 6) is -0.344.